The average molecular weight is 471 g/mol. The average Bonchev–Trinajstić information content (AvgIpc) is 3.30. The highest BCUT2D eigenvalue weighted by molar-refractivity contribution is 7.89. The first-order chi connectivity index (χ1) is 15.9. The van der Waals surface area contributed by atoms with Crippen molar-refractivity contribution in [1.29, 1.82) is 0 Å². The predicted molar refractivity (Wildman–Crippen MR) is 131 cm³/mol. The lowest BCUT2D eigenvalue weighted by atomic mass is 10.1. The molecule has 0 aliphatic rings. The van der Waals surface area contributed by atoms with E-state index in [1.807, 2.05) is 61.5 Å². The third-order valence-electron chi connectivity index (χ3n) is 5.79. The molecule has 1 aromatic heterocycles. The van der Waals surface area contributed by atoms with Crippen molar-refractivity contribution in [3.63, 3.8) is 0 Å². The van der Waals surface area contributed by atoms with Crippen LogP contribution in [0.5, 0.6) is 0 Å². The van der Waals surface area contributed by atoms with Crippen molar-refractivity contribution < 1.29 is 12.9 Å². The first-order valence-electron chi connectivity index (χ1n) is 11.6. The number of hydrogen-bond donors (Lipinski definition) is 1. The summed E-state index contributed by atoms with van der Waals surface area (Å²) in [5, 5.41) is 4.13. The molecular formula is C25H34N4O3S. The standard InChI is InChI=1S/C25H34N4O3S/c1-4-29(5-2)18-11-19-33(30,31)28-23(17-16-21-13-7-6-8-14-21)25-26-24(27-32-25)22-15-10-9-12-20(22)3/h6-10,12-15,23,28H,4-5,11,16-19H2,1-3H3. The topological polar surface area (TPSA) is 88.3 Å². The highest BCUT2D eigenvalue weighted by atomic mass is 32.2. The van der Waals surface area contributed by atoms with Gasteiger partial charge in [-0.1, -0.05) is 73.6 Å². The van der Waals surface area contributed by atoms with E-state index >= 15 is 0 Å². The zero-order valence-electron chi connectivity index (χ0n) is 19.7. The van der Waals surface area contributed by atoms with Crippen LogP contribution in [0.4, 0.5) is 0 Å². The number of aromatic nitrogens is 2. The van der Waals surface area contributed by atoms with Crippen LogP contribution < -0.4 is 4.72 Å². The second-order valence-corrected chi connectivity index (χ2v) is 10.0. The van der Waals surface area contributed by atoms with Crippen LogP contribution in [0.15, 0.2) is 59.1 Å². The molecule has 1 atom stereocenters. The Morgan fingerprint density at radius 3 is 2.42 bits per heavy atom. The van der Waals surface area contributed by atoms with Gasteiger partial charge in [-0.2, -0.15) is 4.98 Å². The summed E-state index contributed by atoms with van der Waals surface area (Å²) < 4.78 is 34.2. The molecule has 7 nitrogen and oxygen atoms in total. The minimum atomic E-state index is -3.51. The van der Waals surface area contributed by atoms with Gasteiger partial charge in [0.25, 0.3) is 0 Å². The maximum absolute atomic E-state index is 12.9. The van der Waals surface area contributed by atoms with Crippen LogP contribution >= 0.6 is 0 Å². The largest absolute Gasteiger partial charge is 0.337 e. The number of sulfonamides is 1. The number of rotatable bonds is 13. The second-order valence-electron chi connectivity index (χ2n) is 8.17. The summed E-state index contributed by atoms with van der Waals surface area (Å²) in [5.74, 6) is 0.814. The minimum absolute atomic E-state index is 0.0596. The number of benzene rings is 2. The van der Waals surface area contributed by atoms with Gasteiger partial charge < -0.3 is 9.42 Å². The van der Waals surface area contributed by atoms with E-state index in [1.165, 1.54) is 0 Å². The minimum Gasteiger partial charge on any atom is -0.337 e. The van der Waals surface area contributed by atoms with Crippen LogP contribution in [0.1, 0.15) is 49.7 Å². The molecule has 3 rings (SSSR count). The zero-order chi connectivity index (χ0) is 23.7. The van der Waals surface area contributed by atoms with Gasteiger partial charge in [0, 0.05) is 5.56 Å². The van der Waals surface area contributed by atoms with E-state index in [1.54, 1.807) is 0 Å². The number of hydrogen-bond acceptors (Lipinski definition) is 6. The Labute approximate surface area is 197 Å². The van der Waals surface area contributed by atoms with Crippen LogP contribution in [0.3, 0.4) is 0 Å². The summed E-state index contributed by atoms with van der Waals surface area (Å²) in [5.41, 5.74) is 3.03. The Morgan fingerprint density at radius 2 is 1.73 bits per heavy atom. The SMILES string of the molecule is CCN(CC)CCCS(=O)(=O)NC(CCc1ccccc1)c1nc(-c2ccccc2C)no1. The maximum Gasteiger partial charge on any atom is 0.245 e. The lowest BCUT2D eigenvalue weighted by molar-refractivity contribution is 0.304. The molecule has 8 heteroatoms. The van der Waals surface area contributed by atoms with Crippen molar-refractivity contribution >= 4 is 10.0 Å². The van der Waals surface area contributed by atoms with Crippen LogP contribution in [0.25, 0.3) is 11.4 Å². The van der Waals surface area contributed by atoms with Crippen LogP contribution in [-0.4, -0.2) is 48.8 Å². The maximum atomic E-state index is 12.9. The van der Waals surface area contributed by atoms with Crippen molar-refractivity contribution in [3.05, 3.63) is 71.6 Å². The predicted octanol–water partition coefficient (Wildman–Crippen LogP) is 4.37. The van der Waals surface area contributed by atoms with Gasteiger partial charge in [0.05, 0.1) is 5.75 Å². The lowest BCUT2D eigenvalue weighted by Gasteiger charge is -2.19. The normalized spacial score (nSPS) is 12.8. The highest BCUT2D eigenvalue weighted by Crippen LogP contribution is 2.24. The van der Waals surface area contributed by atoms with Crippen molar-refractivity contribution in [2.24, 2.45) is 0 Å². The van der Waals surface area contributed by atoms with Gasteiger partial charge in [-0.3, -0.25) is 0 Å². The molecule has 0 spiro atoms. The fourth-order valence-electron chi connectivity index (χ4n) is 3.79. The van der Waals surface area contributed by atoms with Crippen molar-refractivity contribution in [2.75, 3.05) is 25.4 Å². The molecule has 1 heterocycles. The van der Waals surface area contributed by atoms with Crippen molar-refractivity contribution in [1.82, 2.24) is 19.8 Å². The summed E-state index contributed by atoms with van der Waals surface area (Å²) in [6.45, 7) is 8.72. The van der Waals surface area contributed by atoms with E-state index in [0.29, 0.717) is 25.1 Å². The monoisotopic (exact) mass is 470 g/mol. The molecule has 178 valence electrons. The number of aryl methyl sites for hydroxylation is 2. The summed E-state index contributed by atoms with van der Waals surface area (Å²) in [7, 11) is -3.51. The Kier molecular flexibility index (Phi) is 9.17. The van der Waals surface area contributed by atoms with Gasteiger partial charge in [0.1, 0.15) is 6.04 Å². The summed E-state index contributed by atoms with van der Waals surface area (Å²) in [4.78, 5) is 6.78. The Bertz CT molecular complexity index is 1100. The molecule has 2 aromatic carbocycles. The summed E-state index contributed by atoms with van der Waals surface area (Å²) in [6, 6.07) is 17.2. The number of nitrogens with zero attached hydrogens (tertiary/aromatic N) is 3. The molecule has 0 aliphatic carbocycles. The molecule has 0 saturated heterocycles. The Balaban J connectivity index is 1.76. The van der Waals surface area contributed by atoms with Crippen molar-refractivity contribution in [2.45, 2.75) is 46.1 Å². The second kappa shape index (κ2) is 12.1. The molecule has 1 unspecified atom stereocenters. The molecule has 3 aromatic rings. The van der Waals surface area contributed by atoms with Crippen LogP contribution in [0.2, 0.25) is 0 Å². The Hall–Kier alpha value is -2.55. The zero-order valence-corrected chi connectivity index (χ0v) is 20.5. The molecule has 0 radical (unpaired) electrons. The summed E-state index contributed by atoms with van der Waals surface area (Å²) >= 11 is 0. The van der Waals surface area contributed by atoms with E-state index in [2.05, 4.69) is 33.6 Å². The van der Waals surface area contributed by atoms with Gasteiger partial charge in [0.2, 0.25) is 21.7 Å². The van der Waals surface area contributed by atoms with Gasteiger partial charge in [0.15, 0.2) is 0 Å². The fraction of sp³-hybridized carbons (Fsp3) is 0.440. The number of nitrogens with one attached hydrogen (secondary N) is 1. The molecule has 0 bridgehead atoms. The van der Waals surface area contributed by atoms with E-state index in [-0.39, 0.29) is 11.6 Å². The van der Waals surface area contributed by atoms with E-state index in [0.717, 1.165) is 36.3 Å². The quantitative estimate of drug-likeness (QED) is 0.399. The molecule has 0 fully saturated rings. The molecular weight excluding hydrogens is 436 g/mol. The summed E-state index contributed by atoms with van der Waals surface area (Å²) in [6.07, 6.45) is 1.78. The first kappa shape index (κ1) is 25.1. The van der Waals surface area contributed by atoms with Gasteiger partial charge in [-0.05, 0) is 56.9 Å². The molecule has 0 aliphatic heterocycles. The van der Waals surface area contributed by atoms with E-state index in [9.17, 15) is 8.42 Å². The third kappa shape index (κ3) is 7.48. The smallest absolute Gasteiger partial charge is 0.245 e. The van der Waals surface area contributed by atoms with Gasteiger partial charge in [-0.25, -0.2) is 13.1 Å². The van der Waals surface area contributed by atoms with Gasteiger partial charge >= 0.3 is 0 Å². The van der Waals surface area contributed by atoms with Gasteiger partial charge in [-0.15, -0.1) is 0 Å². The first-order valence-corrected chi connectivity index (χ1v) is 13.2. The lowest BCUT2D eigenvalue weighted by Crippen LogP contribution is -2.33. The molecule has 33 heavy (non-hydrogen) atoms. The Morgan fingerprint density at radius 1 is 1.03 bits per heavy atom. The fourth-order valence-corrected chi connectivity index (χ4v) is 5.07. The van der Waals surface area contributed by atoms with E-state index < -0.39 is 16.1 Å². The van der Waals surface area contributed by atoms with E-state index in [4.69, 9.17) is 4.52 Å². The van der Waals surface area contributed by atoms with Crippen LogP contribution in [-0.2, 0) is 16.4 Å². The molecule has 1 N–H and O–H groups in total. The van der Waals surface area contributed by atoms with Crippen LogP contribution in [0, 0.1) is 6.92 Å². The molecule has 0 saturated carbocycles. The molecule has 0 amide bonds. The van der Waals surface area contributed by atoms with Crippen molar-refractivity contribution in [3.8, 4) is 11.4 Å². The third-order valence-corrected chi connectivity index (χ3v) is 7.26. The highest BCUT2D eigenvalue weighted by Gasteiger charge is 2.25.